The van der Waals surface area contributed by atoms with Crippen molar-refractivity contribution in [2.75, 3.05) is 38.7 Å². The van der Waals surface area contributed by atoms with Gasteiger partial charge in [-0.3, -0.25) is 9.10 Å². The second-order valence-electron chi connectivity index (χ2n) is 6.80. The molecule has 0 atom stereocenters. The Balaban J connectivity index is 1.96. The summed E-state index contributed by atoms with van der Waals surface area (Å²) >= 11 is 1.41. The number of rotatable bonds is 8. The lowest BCUT2D eigenvalue weighted by molar-refractivity contribution is 0.0778. The SMILES string of the molecule is CCN(CC)C(=O)c1cc2cc(N(C)S(=O)(=O)c3ccc(OC)c(OC)c3)ccc2s1. The summed E-state index contributed by atoms with van der Waals surface area (Å²) in [6.07, 6.45) is 0. The third-order valence-corrected chi connectivity index (χ3v) is 8.02. The molecule has 0 aliphatic carbocycles. The lowest BCUT2D eigenvalue weighted by Gasteiger charge is -2.20. The molecule has 0 fully saturated rings. The van der Waals surface area contributed by atoms with E-state index in [0.717, 1.165) is 10.1 Å². The van der Waals surface area contributed by atoms with Gasteiger partial charge in [-0.1, -0.05) is 0 Å². The average molecular weight is 463 g/mol. The van der Waals surface area contributed by atoms with Gasteiger partial charge < -0.3 is 14.4 Å². The molecule has 0 aliphatic rings. The molecule has 0 bridgehead atoms. The first-order valence-electron chi connectivity index (χ1n) is 9.80. The Bertz CT molecular complexity index is 1200. The summed E-state index contributed by atoms with van der Waals surface area (Å²) in [4.78, 5) is 15.2. The molecular weight excluding hydrogens is 436 g/mol. The number of hydrogen-bond acceptors (Lipinski definition) is 6. The molecule has 7 nitrogen and oxygen atoms in total. The quantitative estimate of drug-likeness (QED) is 0.501. The van der Waals surface area contributed by atoms with Crippen molar-refractivity contribution in [3.63, 3.8) is 0 Å². The van der Waals surface area contributed by atoms with E-state index >= 15 is 0 Å². The number of thiophene rings is 1. The molecule has 3 aromatic rings. The lowest BCUT2D eigenvalue weighted by atomic mass is 10.2. The fraction of sp³-hybridized carbons (Fsp3) is 0.318. The highest BCUT2D eigenvalue weighted by molar-refractivity contribution is 7.92. The average Bonchev–Trinajstić information content (AvgIpc) is 3.22. The van der Waals surface area contributed by atoms with Crippen LogP contribution in [0, 0.1) is 0 Å². The number of nitrogens with zero attached hydrogens (tertiary/aromatic N) is 2. The van der Waals surface area contributed by atoms with E-state index in [0.29, 0.717) is 35.2 Å². The Hall–Kier alpha value is -2.78. The van der Waals surface area contributed by atoms with Crippen LogP contribution in [0.5, 0.6) is 11.5 Å². The van der Waals surface area contributed by atoms with Crippen LogP contribution >= 0.6 is 11.3 Å². The van der Waals surface area contributed by atoms with Crippen molar-refractivity contribution in [3.05, 3.63) is 47.3 Å². The molecule has 166 valence electrons. The minimum Gasteiger partial charge on any atom is -0.493 e. The lowest BCUT2D eigenvalue weighted by Crippen LogP contribution is -2.29. The second-order valence-corrected chi connectivity index (χ2v) is 9.85. The molecule has 1 aromatic heterocycles. The van der Waals surface area contributed by atoms with Crippen LogP contribution in [-0.4, -0.2) is 53.6 Å². The summed E-state index contributed by atoms with van der Waals surface area (Å²) in [5, 5.41) is 0.826. The highest BCUT2D eigenvalue weighted by Crippen LogP contribution is 2.34. The van der Waals surface area contributed by atoms with Crippen LogP contribution in [0.15, 0.2) is 47.4 Å². The van der Waals surface area contributed by atoms with Gasteiger partial charge in [0.15, 0.2) is 11.5 Å². The molecular formula is C22H26N2O5S2. The van der Waals surface area contributed by atoms with Crippen LogP contribution in [0.3, 0.4) is 0 Å². The van der Waals surface area contributed by atoms with Crippen molar-refractivity contribution in [2.24, 2.45) is 0 Å². The molecule has 0 N–H and O–H groups in total. The Morgan fingerprint density at radius 2 is 1.65 bits per heavy atom. The normalized spacial score (nSPS) is 11.4. The molecule has 0 spiro atoms. The number of ether oxygens (including phenoxy) is 2. The van der Waals surface area contributed by atoms with Crippen LogP contribution in [0.4, 0.5) is 5.69 Å². The van der Waals surface area contributed by atoms with E-state index in [9.17, 15) is 13.2 Å². The predicted molar refractivity (Wildman–Crippen MR) is 124 cm³/mol. The van der Waals surface area contributed by atoms with E-state index in [1.165, 1.54) is 49.0 Å². The van der Waals surface area contributed by atoms with Crippen molar-refractivity contribution < 1.29 is 22.7 Å². The van der Waals surface area contributed by atoms with Crippen LogP contribution in [-0.2, 0) is 10.0 Å². The topological polar surface area (TPSA) is 76.2 Å². The van der Waals surface area contributed by atoms with Crippen molar-refractivity contribution in [2.45, 2.75) is 18.7 Å². The highest BCUT2D eigenvalue weighted by Gasteiger charge is 2.24. The molecule has 31 heavy (non-hydrogen) atoms. The van der Waals surface area contributed by atoms with Gasteiger partial charge in [0.2, 0.25) is 0 Å². The molecule has 0 aliphatic heterocycles. The molecule has 0 unspecified atom stereocenters. The zero-order valence-corrected chi connectivity index (χ0v) is 19.8. The fourth-order valence-electron chi connectivity index (χ4n) is 3.27. The minimum atomic E-state index is -3.82. The van der Waals surface area contributed by atoms with Crippen molar-refractivity contribution in [1.82, 2.24) is 4.90 Å². The first kappa shape index (κ1) is 22.9. The smallest absolute Gasteiger partial charge is 0.264 e. The number of fused-ring (bicyclic) bond motifs is 1. The van der Waals surface area contributed by atoms with Gasteiger partial charge in [0, 0.05) is 30.9 Å². The maximum atomic E-state index is 13.2. The van der Waals surface area contributed by atoms with Crippen LogP contribution in [0.2, 0.25) is 0 Å². The van der Waals surface area contributed by atoms with E-state index in [1.807, 2.05) is 26.0 Å². The number of anilines is 1. The molecule has 0 saturated carbocycles. The first-order valence-corrected chi connectivity index (χ1v) is 12.1. The monoisotopic (exact) mass is 462 g/mol. The van der Waals surface area contributed by atoms with Gasteiger partial charge in [0.25, 0.3) is 15.9 Å². The number of hydrogen-bond donors (Lipinski definition) is 0. The van der Waals surface area contributed by atoms with Crippen molar-refractivity contribution in [1.29, 1.82) is 0 Å². The van der Waals surface area contributed by atoms with Crippen LogP contribution in [0.25, 0.3) is 10.1 Å². The summed E-state index contributed by atoms with van der Waals surface area (Å²) in [6, 6.07) is 11.7. The Kier molecular flexibility index (Phi) is 6.76. The van der Waals surface area contributed by atoms with E-state index in [2.05, 4.69) is 0 Å². The third kappa shape index (κ3) is 4.33. The molecule has 2 aromatic carbocycles. The highest BCUT2D eigenvalue weighted by atomic mass is 32.2. The van der Waals surface area contributed by atoms with Gasteiger partial charge >= 0.3 is 0 Å². The maximum Gasteiger partial charge on any atom is 0.264 e. The standard InChI is InChI=1S/C22H26N2O5S2/c1-6-24(7-2)22(25)21-13-15-12-16(8-11-20(15)30-21)23(3)31(26,27)17-9-10-18(28-4)19(14-17)29-5/h8-14H,6-7H2,1-5H3. The van der Waals surface area contributed by atoms with Crippen LogP contribution < -0.4 is 13.8 Å². The van der Waals surface area contributed by atoms with Gasteiger partial charge in [0.05, 0.1) is 29.7 Å². The number of benzene rings is 2. The zero-order chi connectivity index (χ0) is 22.8. The molecule has 0 saturated heterocycles. The summed E-state index contributed by atoms with van der Waals surface area (Å²) in [5.74, 6) is 0.776. The number of amides is 1. The maximum absolute atomic E-state index is 13.2. The molecule has 9 heteroatoms. The van der Waals surface area contributed by atoms with Gasteiger partial charge in [-0.05, 0) is 55.6 Å². The Morgan fingerprint density at radius 3 is 2.26 bits per heavy atom. The Labute approximate surface area is 186 Å². The predicted octanol–water partition coefficient (Wildman–Crippen LogP) is 4.23. The molecule has 3 rings (SSSR count). The van der Waals surface area contributed by atoms with E-state index in [1.54, 1.807) is 23.1 Å². The van der Waals surface area contributed by atoms with E-state index in [4.69, 9.17) is 9.47 Å². The van der Waals surface area contributed by atoms with Gasteiger partial charge in [-0.15, -0.1) is 11.3 Å². The zero-order valence-electron chi connectivity index (χ0n) is 18.2. The number of carbonyl (C=O) groups is 1. The van der Waals surface area contributed by atoms with Gasteiger partial charge in [-0.25, -0.2) is 8.42 Å². The molecule has 0 radical (unpaired) electrons. The second kappa shape index (κ2) is 9.15. The Morgan fingerprint density at radius 1 is 0.968 bits per heavy atom. The summed E-state index contributed by atoms with van der Waals surface area (Å²) in [6.45, 7) is 5.17. The summed E-state index contributed by atoms with van der Waals surface area (Å²) in [5.41, 5.74) is 0.502. The van der Waals surface area contributed by atoms with Gasteiger partial charge in [-0.2, -0.15) is 0 Å². The number of sulfonamides is 1. The number of methoxy groups -OCH3 is 2. The summed E-state index contributed by atoms with van der Waals surface area (Å²) in [7, 11) is 0.630. The number of carbonyl (C=O) groups excluding carboxylic acids is 1. The van der Waals surface area contributed by atoms with Crippen molar-refractivity contribution in [3.8, 4) is 11.5 Å². The molecule has 1 amide bonds. The largest absolute Gasteiger partial charge is 0.493 e. The molecule has 1 heterocycles. The first-order chi connectivity index (χ1) is 14.8. The van der Waals surface area contributed by atoms with Gasteiger partial charge in [0.1, 0.15) is 0 Å². The third-order valence-electron chi connectivity index (χ3n) is 5.14. The van der Waals surface area contributed by atoms with E-state index in [-0.39, 0.29) is 10.8 Å². The fourth-order valence-corrected chi connectivity index (χ4v) is 5.49. The van der Waals surface area contributed by atoms with Crippen molar-refractivity contribution >= 4 is 43.0 Å². The summed E-state index contributed by atoms with van der Waals surface area (Å²) < 4.78 is 38.9. The van der Waals surface area contributed by atoms with E-state index < -0.39 is 10.0 Å². The minimum absolute atomic E-state index is 0.0148. The van der Waals surface area contributed by atoms with Crippen LogP contribution in [0.1, 0.15) is 23.5 Å².